The summed E-state index contributed by atoms with van der Waals surface area (Å²) in [5.41, 5.74) is -1.74. The normalized spacial score (nSPS) is 16.9. The van der Waals surface area contributed by atoms with Crippen molar-refractivity contribution in [2.45, 2.75) is 25.9 Å². The molecular weight excluding hydrogens is 206 g/mol. The van der Waals surface area contributed by atoms with E-state index in [1.807, 2.05) is 0 Å². The van der Waals surface area contributed by atoms with Crippen molar-refractivity contribution in [3.05, 3.63) is 0 Å². The summed E-state index contributed by atoms with van der Waals surface area (Å²) in [6.45, 7) is 3.53. The molecule has 0 fully saturated rings. The third kappa shape index (κ3) is 2.87. The fraction of sp³-hybridized carbons (Fsp3) is 0.778. The second-order valence-electron chi connectivity index (χ2n) is 4.06. The molecule has 1 amide bonds. The number of carbonyl (C=O) groups is 1. The standard InChI is InChI=1S/C9H15F2N2O2/c1-9(2,7(10)11)15-8(14)13-5-4-12(3)6-13/h6-7H,4-5H2,1-3H3/q+1. The first kappa shape index (κ1) is 11.9. The summed E-state index contributed by atoms with van der Waals surface area (Å²) in [7, 11) is 1.80. The molecule has 4 nitrogen and oxygen atoms in total. The van der Waals surface area contributed by atoms with Gasteiger partial charge in [0, 0.05) is 0 Å². The number of nitrogens with zero attached hydrogens (tertiary/aromatic N) is 2. The average molecular weight is 221 g/mol. The van der Waals surface area contributed by atoms with Crippen LogP contribution in [-0.4, -0.2) is 54.1 Å². The lowest BCUT2D eigenvalue weighted by Gasteiger charge is -2.23. The molecule has 0 spiro atoms. The quantitative estimate of drug-likeness (QED) is 0.655. The maximum Gasteiger partial charge on any atom is 0.507 e. The molecule has 0 unspecified atom stereocenters. The highest BCUT2D eigenvalue weighted by atomic mass is 19.3. The molecule has 1 aliphatic rings. The zero-order chi connectivity index (χ0) is 11.6. The molecule has 0 bridgehead atoms. The molecule has 0 radical (unpaired) electrons. The van der Waals surface area contributed by atoms with Gasteiger partial charge in [-0.3, -0.25) is 4.58 Å². The molecule has 0 saturated carbocycles. The maximum absolute atomic E-state index is 12.4. The summed E-state index contributed by atoms with van der Waals surface area (Å²) in [5, 5.41) is 0. The largest absolute Gasteiger partial charge is 0.507 e. The highest BCUT2D eigenvalue weighted by Crippen LogP contribution is 2.20. The number of amides is 1. The zero-order valence-corrected chi connectivity index (χ0v) is 9.04. The zero-order valence-electron chi connectivity index (χ0n) is 9.04. The molecule has 1 aliphatic heterocycles. The molecule has 0 aliphatic carbocycles. The molecule has 1 rings (SSSR count). The molecule has 0 atom stereocenters. The first-order chi connectivity index (χ1) is 6.83. The van der Waals surface area contributed by atoms with E-state index in [1.165, 1.54) is 18.7 Å². The van der Waals surface area contributed by atoms with Gasteiger partial charge in [0.1, 0.15) is 13.1 Å². The van der Waals surface area contributed by atoms with E-state index in [-0.39, 0.29) is 0 Å². The second-order valence-corrected chi connectivity index (χ2v) is 4.06. The van der Waals surface area contributed by atoms with Gasteiger partial charge < -0.3 is 4.74 Å². The number of carbonyl (C=O) groups excluding carboxylic acids is 1. The van der Waals surface area contributed by atoms with Gasteiger partial charge in [-0.1, -0.05) is 0 Å². The molecule has 15 heavy (non-hydrogen) atoms. The summed E-state index contributed by atoms with van der Waals surface area (Å²) in [5.74, 6) is 0. The summed E-state index contributed by atoms with van der Waals surface area (Å²) >= 11 is 0. The minimum absolute atomic E-state index is 0.467. The van der Waals surface area contributed by atoms with Crippen LogP contribution in [0.15, 0.2) is 0 Å². The van der Waals surface area contributed by atoms with E-state index < -0.39 is 18.1 Å². The smallest absolute Gasteiger partial charge is 0.419 e. The topological polar surface area (TPSA) is 32.5 Å². The Morgan fingerprint density at radius 3 is 2.60 bits per heavy atom. The summed E-state index contributed by atoms with van der Waals surface area (Å²) in [4.78, 5) is 12.7. The van der Waals surface area contributed by atoms with Gasteiger partial charge in [-0.05, 0) is 13.8 Å². The van der Waals surface area contributed by atoms with Crippen LogP contribution >= 0.6 is 0 Å². The van der Waals surface area contributed by atoms with Gasteiger partial charge in [-0.2, -0.15) is 9.69 Å². The number of hydrogen-bond acceptors (Lipinski definition) is 2. The van der Waals surface area contributed by atoms with E-state index in [4.69, 9.17) is 4.74 Å². The predicted molar refractivity (Wildman–Crippen MR) is 50.4 cm³/mol. The van der Waals surface area contributed by atoms with Crippen molar-refractivity contribution in [1.29, 1.82) is 0 Å². The molecule has 0 aromatic rings. The third-order valence-corrected chi connectivity index (χ3v) is 2.14. The van der Waals surface area contributed by atoms with Crippen LogP contribution in [-0.2, 0) is 4.74 Å². The SMILES string of the molecule is C[N+]1=CN(C(=O)OC(C)(C)C(F)F)CC1. The Bertz CT molecular complexity index is 290. The van der Waals surface area contributed by atoms with Gasteiger partial charge in [0.15, 0.2) is 5.60 Å². The fourth-order valence-electron chi connectivity index (χ4n) is 1.09. The number of hydrogen-bond donors (Lipinski definition) is 0. The first-order valence-electron chi connectivity index (χ1n) is 4.66. The molecule has 1 heterocycles. The average Bonchev–Trinajstić information content (AvgIpc) is 2.50. The minimum Gasteiger partial charge on any atom is -0.419 e. The summed E-state index contributed by atoms with van der Waals surface area (Å²) < 4.78 is 31.3. The number of rotatable bonds is 2. The van der Waals surface area contributed by atoms with Crippen molar-refractivity contribution in [2.24, 2.45) is 0 Å². The number of alkyl halides is 2. The van der Waals surface area contributed by atoms with Gasteiger partial charge in [0.2, 0.25) is 6.34 Å². The van der Waals surface area contributed by atoms with Crippen LogP contribution in [0.25, 0.3) is 0 Å². The van der Waals surface area contributed by atoms with Crippen LogP contribution < -0.4 is 0 Å². The highest BCUT2D eigenvalue weighted by Gasteiger charge is 2.38. The highest BCUT2D eigenvalue weighted by molar-refractivity contribution is 5.81. The Hall–Kier alpha value is -1.20. The van der Waals surface area contributed by atoms with Gasteiger partial charge in [-0.15, -0.1) is 0 Å². The molecule has 86 valence electrons. The lowest BCUT2D eigenvalue weighted by atomic mass is 10.1. The van der Waals surface area contributed by atoms with Crippen molar-refractivity contribution in [1.82, 2.24) is 4.90 Å². The molecular formula is C9H15F2N2O2+. The predicted octanol–water partition coefficient (Wildman–Crippen LogP) is 1.15. The second kappa shape index (κ2) is 4.12. The van der Waals surface area contributed by atoms with Crippen LogP contribution in [0.4, 0.5) is 13.6 Å². The monoisotopic (exact) mass is 221 g/mol. The minimum atomic E-state index is -2.69. The van der Waals surface area contributed by atoms with E-state index in [9.17, 15) is 13.6 Å². The van der Waals surface area contributed by atoms with Crippen molar-refractivity contribution in [3.63, 3.8) is 0 Å². The number of halogens is 2. The molecule has 0 aromatic heterocycles. The van der Waals surface area contributed by atoms with Crippen LogP contribution in [0.1, 0.15) is 13.8 Å². The lowest BCUT2D eigenvalue weighted by molar-refractivity contribution is -0.482. The van der Waals surface area contributed by atoms with Crippen LogP contribution in [0.2, 0.25) is 0 Å². The van der Waals surface area contributed by atoms with Gasteiger partial charge in [0.05, 0.1) is 7.05 Å². The van der Waals surface area contributed by atoms with Crippen molar-refractivity contribution in [2.75, 3.05) is 20.1 Å². The van der Waals surface area contributed by atoms with Crippen LogP contribution in [0.3, 0.4) is 0 Å². The van der Waals surface area contributed by atoms with E-state index in [1.54, 1.807) is 18.0 Å². The summed E-state index contributed by atoms with van der Waals surface area (Å²) in [6, 6.07) is 0. The van der Waals surface area contributed by atoms with Crippen LogP contribution in [0, 0.1) is 0 Å². The van der Waals surface area contributed by atoms with E-state index >= 15 is 0 Å². The van der Waals surface area contributed by atoms with Crippen molar-refractivity contribution >= 4 is 12.4 Å². The number of ether oxygens (including phenoxy) is 1. The van der Waals surface area contributed by atoms with Gasteiger partial charge in [0.25, 0.3) is 6.43 Å². The van der Waals surface area contributed by atoms with Crippen molar-refractivity contribution < 1.29 is 22.9 Å². The Kier molecular flexibility index (Phi) is 3.26. The first-order valence-corrected chi connectivity index (χ1v) is 4.66. The van der Waals surface area contributed by atoms with E-state index in [0.717, 1.165) is 0 Å². The van der Waals surface area contributed by atoms with Gasteiger partial charge >= 0.3 is 6.09 Å². The third-order valence-electron chi connectivity index (χ3n) is 2.14. The lowest BCUT2D eigenvalue weighted by Crippen LogP contribution is -2.41. The fourth-order valence-corrected chi connectivity index (χ4v) is 1.09. The molecule has 0 aromatic carbocycles. The van der Waals surface area contributed by atoms with E-state index in [0.29, 0.717) is 13.1 Å². The molecule has 6 heteroatoms. The van der Waals surface area contributed by atoms with E-state index in [2.05, 4.69) is 0 Å². The Labute approximate surface area is 87.1 Å². The van der Waals surface area contributed by atoms with Crippen molar-refractivity contribution in [3.8, 4) is 0 Å². The Morgan fingerprint density at radius 2 is 2.20 bits per heavy atom. The number of likely N-dealkylation sites (N-methyl/N-ethyl adjacent to an activating group) is 1. The summed E-state index contributed by atoms with van der Waals surface area (Å²) in [6.07, 6.45) is -1.88. The van der Waals surface area contributed by atoms with Gasteiger partial charge in [-0.25, -0.2) is 8.78 Å². The Morgan fingerprint density at radius 1 is 1.60 bits per heavy atom. The maximum atomic E-state index is 12.4. The molecule has 0 N–H and O–H groups in total. The van der Waals surface area contributed by atoms with Crippen LogP contribution in [0.5, 0.6) is 0 Å². The molecule has 0 saturated heterocycles. The Balaban J connectivity index is 2.56.